The molecule has 0 radical (unpaired) electrons. The van der Waals surface area contributed by atoms with Crippen molar-refractivity contribution in [1.29, 1.82) is 0 Å². The van der Waals surface area contributed by atoms with Crippen LogP contribution in [0.1, 0.15) is 63.6 Å². The average molecular weight is 265 g/mol. The zero-order chi connectivity index (χ0) is 12.5. The largest absolute Gasteiger partial charge is 0.304 e. The molecule has 3 unspecified atom stereocenters. The Kier molecular flexibility index (Phi) is 3.55. The quantitative estimate of drug-likeness (QED) is 0.819. The summed E-state index contributed by atoms with van der Waals surface area (Å²) in [6.07, 6.45) is 9.86. The maximum absolute atomic E-state index is 5.30. The molecule has 0 aliphatic heterocycles. The van der Waals surface area contributed by atoms with Gasteiger partial charge in [-0.15, -0.1) is 0 Å². The van der Waals surface area contributed by atoms with Crippen LogP contribution in [0, 0.1) is 16.6 Å². The molecular formula is C14H23N3S. The molecule has 0 aromatic carbocycles. The normalized spacial score (nSPS) is 32.2. The van der Waals surface area contributed by atoms with Crippen LogP contribution in [0.25, 0.3) is 0 Å². The highest BCUT2D eigenvalue weighted by Crippen LogP contribution is 2.45. The molecule has 100 valence electrons. The first-order chi connectivity index (χ1) is 8.79. The first kappa shape index (κ1) is 12.4. The highest BCUT2D eigenvalue weighted by molar-refractivity contribution is 7.71. The fraction of sp³-hybridized carbons (Fsp3) is 0.857. The van der Waals surface area contributed by atoms with E-state index in [1.54, 1.807) is 0 Å². The summed E-state index contributed by atoms with van der Waals surface area (Å²) >= 11 is 5.30. The Balaban J connectivity index is 1.79. The van der Waals surface area contributed by atoms with Gasteiger partial charge in [0.15, 0.2) is 4.77 Å². The molecule has 0 amide bonds. The number of nitrogens with zero attached hydrogens (tertiary/aromatic N) is 2. The number of hydrogen-bond donors (Lipinski definition) is 1. The van der Waals surface area contributed by atoms with Crippen molar-refractivity contribution in [3.63, 3.8) is 0 Å². The summed E-state index contributed by atoms with van der Waals surface area (Å²) in [7, 11) is 0. The summed E-state index contributed by atoms with van der Waals surface area (Å²) in [6.45, 7) is 3.09. The highest BCUT2D eigenvalue weighted by Gasteiger charge is 2.34. The van der Waals surface area contributed by atoms with E-state index in [4.69, 9.17) is 12.2 Å². The van der Waals surface area contributed by atoms with E-state index in [0.717, 1.165) is 23.2 Å². The van der Waals surface area contributed by atoms with Crippen LogP contribution in [-0.2, 0) is 6.54 Å². The Morgan fingerprint density at radius 1 is 1.22 bits per heavy atom. The Labute approximate surface area is 114 Å². The Morgan fingerprint density at radius 2 is 2.00 bits per heavy atom. The van der Waals surface area contributed by atoms with Crippen molar-refractivity contribution in [2.45, 2.75) is 64.3 Å². The fourth-order valence-corrected chi connectivity index (χ4v) is 4.32. The van der Waals surface area contributed by atoms with Crippen LogP contribution in [0.2, 0.25) is 0 Å². The second-order valence-corrected chi connectivity index (χ2v) is 6.33. The van der Waals surface area contributed by atoms with Gasteiger partial charge in [-0.1, -0.05) is 25.7 Å². The number of aromatic nitrogens is 3. The lowest BCUT2D eigenvalue weighted by atomic mass is 9.67. The van der Waals surface area contributed by atoms with Gasteiger partial charge in [-0.3, -0.25) is 5.10 Å². The van der Waals surface area contributed by atoms with E-state index in [1.165, 1.54) is 50.8 Å². The molecule has 2 aliphatic rings. The van der Waals surface area contributed by atoms with Crippen molar-refractivity contribution < 1.29 is 0 Å². The van der Waals surface area contributed by atoms with Crippen molar-refractivity contribution >= 4 is 12.2 Å². The molecule has 1 N–H and O–H groups in total. The molecule has 0 saturated heterocycles. The smallest absolute Gasteiger partial charge is 0.195 e. The monoisotopic (exact) mass is 265 g/mol. The first-order valence-electron chi connectivity index (χ1n) is 7.44. The summed E-state index contributed by atoms with van der Waals surface area (Å²) in [6, 6.07) is 0. The van der Waals surface area contributed by atoms with Crippen molar-refractivity contribution in [2.75, 3.05) is 0 Å². The molecule has 1 aromatic heterocycles. The van der Waals surface area contributed by atoms with Gasteiger partial charge in [0.2, 0.25) is 0 Å². The van der Waals surface area contributed by atoms with Crippen LogP contribution in [0.3, 0.4) is 0 Å². The van der Waals surface area contributed by atoms with E-state index in [1.807, 2.05) is 0 Å². The third-order valence-corrected chi connectivity index (χ3v) is 5.32. The van der Waals surface area contributed by atoms with Gasteiger partial charge in [-0.25, -0.2) is 0 Å². The van der Waals surface area contributed by atoms with Crippen LogP contribution in [0.4, 0.5) is 0 Å². The third kappa shape index (κ3) is 2.15. The van der Waals surface area contributed by atoms with Crippen LogP contribution >= 0.6 is 12.2 Å². The maximum Gasteiger partial charge on any atom is 0.195 e. The Bertz CT molecular complexity index is 462. The number of fused-ring (bicyclic) bond motifs is 1. The van der Waals surface area contributed by atoms with Gasteiger partial charge < -0.3 is 4.57 Å². The molecule has 4 heteroatoms. The van der Waals surface area contributed by atoms with E-state index in [2.05, 4.69) is 21.7 Å². The number of rotatable bonds is 2. The summed E-state index contributed by atoms with van der Waals surface area (Å²) in [5.41, 5.74) is 0. The zero-order valence-corrected chi connectivity index (χ0v) is 12.0. The molecule has 18 heavy (non-hydrogen) atoms. The van der Waals surface area contributed by atoms with Gasteiger partial charge in [-0.2, -0.15) is 5.10 Å². The van der Waals surface area contributed by atoms with Gasteiger partial charge in [-0.05, 0) is 50.2 Å². The summed E-state index contributed by atoms with van der Waals surface area (Å²) in [5.74, 6) is 3.81. The van der Waals surface area contributed by atoms with E-state index in [9.17, 15) is 0 Å². The van der Waals surface area contributed by atoms with E-state index in [-0.39, 0.29) is 0 Å². The zero-order valence-electron chi connectivity index (χ0n) is 11.2. The fourth-order valence-electron chi connectivity index (χ4n) is 4.05. The van der Waals surface area contributed by atoms with Gasteiger partial charge in [0.05, 0.1) is 0 Å². The minimum absolute atomic E-state index is 0.636. The molecule has 3 nitrogen and oxygen atoms in total. The number of hydrogen-bond acceptors (Lipinski definition) is 2. The second-order valence-electron chi connectivity index (χ2n) is 5.95. The van der Waals surface area contributed by atoms with Crippen molar-refractivity contribution in [3.05, 3.63) is 10.6 Å². The molecule has 3 rings (SSSR count). The summed E-state index contributed by atoms with van der Waals surface area (Å²) in [4.78, 5) is 0. The predicted octanol–water partition coefficient (Wildman–Crippen LogP) is 4.03. The Hall–Kier alpha value is -0.640. The lowest BCUT2D eigenvalue weighted by Gasteiger charge is -2.39. The van der Waals surface area contributed by atoms with Crippen molar-refractivity contribution in [3.8, 4) is 0 Å². The van der Waals surface area contributed by atoms with Crippen LogP contribution < -0.4 is 0 Å². The number of nitrogens with one attached hydrogen (secondary N) is 1. The highest BCUT2D eigenvalue weighted by atomic mass is 32.1. The minimum Gasteiger partial charge on any atom is -0.304 e. The Morgan fingerprint density at radius 3 is 2.78 bits per heavy atom. The first-order valence-corrected chi connectivity index (χ1v) is 7.85. The predicted molar refractivity (Wildman–Crippen MR) is 75.1 cm³/mol. The van der Waals surface area contributed by atoms with Gasteiger partial charge >= 0.3 is 0 Å². The molecular weight excluding hydrogens is 242 g/mol. The molecule has 2 aliphatic carbocycles. The van der Waals surface area contributed by atoms with Crippen LogP contribution in [0.5, 0.6) is 0 Å². The maximum atomic E-state index is 5.30. The summed E-state index contributed by atoms with van der Waals surface area (Å²) < 4.78 is 2.97. The van der Waals surface area contributed by atoms with E-state index in [0.29, 0.717) is 5.92 Å². The topological polar surface area (TPSA) is 33.6 Å². The van der Waals surface area contributed by atoms with Crippen LogP contribution in [-0.4, -0.2) is 14.8 Å². The molecule has 1 aromatic rings. The van der Waals surface area contributed by atoms with Gasteiger partial charge in [0.25, 0.3) is 0 Å². The van der Waals surface area contributed by atoms with Crippen molar-refractivity contribution in [2.24, 2.45) is 11.8 Å². The molecule has 0 bridgehead atoms. The lowest BCUT2D eigenvalue weighted by Crippen LogP contribution is -2.28. The van der Waals surface area contributed by atoms with Crippen molar-refractivity contribution in [1.82, 2.24) is 14.8 Å². The average Bonchev–Trinajstić information content (AvgIpc) is 2.79. The molecule has 3 atom stereocenters. The van der Waals surface area contributed by atoms with Gasteiger partial charge in [0.1, 0.15) is 5.82 Å². The molecule has 2 saturated carbocycles. The van der Waals surface area contributed by atoms with Crippen LogP contribution in [0.15, 0.2) is 0 Å². The molecule has 0 spiro atoms. The van der Waals surface area contributed by atoms with E-state index >= 15 is 0 Å². The summed E-state index contributed by atoms with van der Waals surface area (Å²) in [5, 5.41) is 7.47. The lowest BCUT2D eigenvalue weighted by molar-refractivity contribution is 0.151. The second kappa shape index (κ2) is 5.16. The molecule has 1 heterocycles. The molecule has 2 fully saturated rings. The van der Waals surface area contributed by atoms with E-state index < -0.39 is 0 Å². The van der Waals surface area contributed by atoms with Gasteiger partial charge in [0, 0.05) is 12.5 Å². The number of H-pyrrole nitrogens is 1. The standard InChI is InChI=1S/C14H23N3S/c1-2-17-13(15-16-14(17)18)12-8-7-10-5-3-4-6-11(10)9-12/h10-12H,2-9H2,1H3,(H,16,18). The SMILES string of the molecule is CCn1c(C2CCC3CCCCC3C2)n[nH]c1=S. The minimum atomic E-state index is 0.636. The number of aromatic amines is 1. The third-order valence-electron chi connectivity index (χ3n) is 5.01.